The van der Waals surface area contributed by atoms with Gasteiger partial charge in [0.15, 0.2) is 0 Å². The van der Waals surface area contributed by atoms with E-state index in [2.05, 4.69) is 0 Å². The van der Waals surface area contributed by atoms with Gasteiger partial charge in [0.1, 0.15) is 12.0 Å². The zero-order valence-electron chi connectivity index (χ0n) is 6.37. The minimum Gasteiger partial charge on any atom is -0.508 e. The van der Waals surface area contributed by atoms with Gasteiger partial charge in [0.25, 0.3) is 0 Å². The largest absolute Gasteiger partial charge is 0.508 e. The van der Waals surface area contributed by atoms with Gasteiger partial charge in [-0.1, -0.05) is 13.0 Å². The van der Waals surface area contributed by atoms with Gasteiger partial charge in [0.05, 0.1) is 0 Å². The Hall–Kier alpha value is -1.31. The highest BCUT2D eigenvalue weighted by molar-refractivity contribution is 5.78. The fourth-order valence-electron chi connectivity index (χ4n) is 1.01. The molecule has 0 unspecified atom stereocenters. The third kappa shape index (κ3) is 1.58. The molecule has 0 heterocycles. The average Bonchev–Trinajstić information content (AvgIpc) is 2.04. The number of aryl methyl sites for hydroxylation is 1. The molecule has 0 radical (unpaired) electrons. The maximum atomic E-state index is 10.4. The van der Waals surface area contributed by atoms with Crippen LogP contribution in [0.15, 0.2) is 18.2 Å². The van der Waals surface area contributed by atoms with Crippen LogP contribution in [0.4, 0.5) is 0 Å². The summed E-state index contributed by atoms with van der Waals surface area (Å²) in [5, 5.41) is 9.01. The zero-order chi connectivity index (χ0) is 8.27. The highest BCUT2D eigenvalue weighted by Gasteiger charge is 1.99. The highest BCUT2D eigenvalue weighted by atomic mass is 16.3. The molecule has 0 amide bonds. The van der Waals surface area contributed by atoms with Crippen LogP contribution < -0.4 is 0 Å². The van der Waals surface area contributed by atoms with Gasteiger partial charge in [0, 0.05) is 5.56 Å². The number of carbonyl (C=O) groups excluding carboxylic acids is 1. The number of hydrogen-bond donors (Lipinski definition) is 1. The number of aromatic hydroxyl groups is 1. The fraction of sp³-hybridized carbons (Fsp3) is 0.222. The summed E-state index contributed by atoms with van der Waals surface area (Å²) < 4.78 is 0. The van der Waals surface area contributed by atoms with Gasteiger partial charge in [0.2, 0.25) is 0 Å². The van der Waals surface area contributed by atoms with Crippen molar-refractivity contribution in [2.75, 3.05) is 0 Å². The van der Waals surface area contributed by atoms with Crippen molar-refractivity contribution in [3.63, 3.8) is 0 Å². The first-order chi connectivity index (χ1) is 5.27. The van der Waals surface area contributed by atoms with Crippen LogP contribution in [0.2, 0.25) is 0 Å². The van der Waals surface area contributed by atoms with E-state index in [1.54, 1.807) is 12.1 Å². The molecular formula is C9H10O2. The lowest BCUT2D eigenvalue weighted by Gasteiger charge is -2.00. The van der Waals surface area contributed by atoms with Crippen LogP contribution in [0.25, 0.3) is 0 Å². The van der Waals surface area contributed by atoms with Crippen molar-refractivity contribution < 1.29 is 9.90 Å². The molecule has 2 nitrogen and oxygen atoms in total. The standard InChI is InChI=1S/C9H10O2/c1-2-7-3-4-9(11)5-8(7)6-10/h3-6,11H,2H2,1H3. The van der Waals surface area contributed by atoms with Gasteiger partial charge >= 0.3 is 0 Å². The summed E-state index contributed by atoms with van der Waals surface area (Å²) in [7, 11) is 0. The van der Waals surface area contributed by atoms with Gasteiger partial charge in [-0.25, -0.2) is 0 Å². The van der Waals surface area contributed by atoms with Crippen LogP contribution >= 0.6 is 0 Å². The minimum atomic E-state index is 0.143. The molecule has 0 aliphatic heterocycles. The van der Waals surface area contributed by atoms with Gasteiger partial charge in [-0.05, 0) is 24.1 Å². The van der Waals surface area contributed by atoms with E-state index in [0.29, 0.717) is 5.56 Å². The Kier molecular flexibility index (Phi) is 2.26. The Labute approximate surface area is 65.5 Å². The summed E-state index contributed by atoms with van der Waals surface area (Å²) in [4.78, 5) is 10.4. The molecular weight excluding hydrogens is 140 g/mol. The van der Waals surface area contributed by atoms with Crippen molar-refractivity contribution in [1.82, 2.24) is 0 Å². The molecule has 0 aromatic heterocycles. The molecule has 1 rings (SSSR count). The van der Waals surface area contributed by atoms with E-state index < -0.39 is 0 Å². The van der Waals surface area contributed by atoms with Gasteiger partial charge < -0.3 is 5.11 Å². The van der Waals surface area contributed by atoms with E-state index in [-0.39, 0.29) is 5.75 Å². The lowest BCUT2D eigenvalue weighted by Crippen LogP contribution is -1.88. The van der Waals surface area contributed by atoms with Crippen LogP contribution in [0.1, 0.15) is 22.8 Å². The lowest BCUT2D eigenvalue weighted by molar-refractivity contribution is 0.112. The van der Waals surface area contributed by atoms with Gasteiger partial charge in [-0.2, -0.15) is 0 Å². The Bertz CT molecular complexity index is 266. The molecule has 1 aromatic carbocycles. The van der Waals surface area contributed by atoms with Crippen LogP contribution in [-0.4, -0.2) is 11.4 Å². The summed E-state index contributed by atoms with van der Waals surface area (Å²) in [5.74, 6) is 0.143. The number of benzene rings is 1. The monoisotopic (exact) mass is 150 g/mol. The van der Waals surface area contributed by atoms with Crippen molar-refractivity contribution in [2.24, 2.45) is 0 Å². The van der Waals surface area contributed by atoms with Crippen LogP contribution in [0.3, 0.4) is 0 Å². The number of hydrogen-bond acceptors (Lipinski definition) is 2. The number of phenols is 1. The van der Waals surface area contributed by atoms with Crippen LogP contribution in [0, 0.1) is 0 Å². The first-order valence-electron chi connectivity index (χ1n) is 3.55. The Morgan fingerprint density at radius 3 is 2.82 bits per heavy atom. The summed E-state index contributed by atoms with van der Waals surface area (Å²) in [6.45, 7) is 1.97. The molecule has 0 bridgehead atoms. The van der Waals surface area contributed by atoms with Crippen molar-refractivity contribution in [3.05, 3.63) is 29.3 Å². The molecule has 2 heteroatoms. The smallest absolute Gasteiger partial charge is 0.150 e. The van der Waals surface area contributed by atoms with E-state index in [4.69, 9.17) is 5.11 Å². The topological polar surface area (TPSA) is 37.3 Å². The normalized spacial score (nSPS) is 9.55. The first kappa shape index (κ1) is 7.79. The fourth-order valence-corrected chi connectivity index (χ4v) is 1.01. The lowest BCUT2D eigenvalue weighted by atomic mass is 10.1. The molecule has 0 aliphatic rings. The second kappa shape index (κ2) is 3.19. The van der Waals surface area contributed by atoms with Gasteiger partial charge in [-0.3, -0.25) is 4.79 Å². The average molecular weight is 150 g/mol. The Balaban J connectivity index is 3.16. The number of aldehydes is 1. The SMILES string of the molecule is CCc1ccc(O)cc1C=O. The van der Waals surface area contributed by atoms with Gasteiger partial charge in [-0.15, -0.1) is 0 Å². The maximum absolute atomic E-state index is 10.4. The predicted molar refractivity (Wildman–Crippen MR) is 42.9 cm³/mol. The van der Waals surface area contributed by atoms with Crippen LogP contribution in [0.5, 0.6) is 5.75 Å². The second-order valence-corrected chi connectivity index (χ2v) is 2.35. The Morgan fingerprint density at radius 2 is 2.27 bits per heavy atom. The summed E-state index contributed by atoms with van der Waals surface area (Å²) >= 11 is 0. The molecule has 0 fully saturated rings. The molecule has 58 valence electrons. The molecule has 11 heavy (non-hydrogen) atoms. The van der Waals surface area contributed by atoms with E-state index in [1.807, 2.05) is 6.92 Å². The van der Waals surface area contributed by atoms with E-state index in [9.17, 15) is 4.79 Å². The molecule has 0 spiro atoms. The van der Waals surface area contributed by atoms with Crippen molar-refractivity contribution in [1.29, 1.82) is 0 Å². The number of phenolic OH excluding ortho intramolecular Hbond substituents is 1. The third-order valence-corrected chi connectivity index (χ3v) is 1.64. The molecule has 1 aromatic rings. The molecule has 1 N–H and O–H groups in total. The highest BCUT2D eigenvalue weighted by Crippen LogP contribution is 2.14. The summed E-state index contributed by atoms with van der Waals surface area (Å²) in [6.07, 6.45) is 1.58. The molecule has 0 aliphatic carbocycles. The molecule has 0 saturated carbocycles. The minimum absolute atomic E-state index is 0.143. The summed E-state index contributed by atoms with van der Waals surface area (Å²) in [5.41, 5.74) is 1.55. The van der Waals surface area contributed by atoms with E-state index in [1.165, 1.54) is 6.07 Å². The third-order valence-electron chi connectivity index (χ3n) is 1.64. The first-order valence-corrected chi connectivity index (χ1v) is 3.55. The predicted octanol–water partition coefficient (Wildman–Crippen LogP) is 1.77. The zero-order valence-corrected chi connectivity index (χ0v) is 6.37. The number of carbonyl (C=O) groups is 1. The van der Waals surface area contributed by atoms with Crippen molar-refractivity contribution >= 4 is 6.29 Å². The van der Waals surface area contributed by atoms with E-state index >= 15 is 0 Å². The van der Waals surface area contributed by atoms with Crippen molar-refractivity contribution in [3.8, 4) is 5.75 Å². The van der Waals surface area contributed by atoms with Crippen molar-refractivity contribution in [2.45, 2.75) is 13.3 Å². The molecule has 0 atom stereocenters. The Morgan fingerprint density at radius 1 is 1.55 bits per heavy atom. The molecule has 0 saturated heterocycles. The quantitative estimate of drug-likeness (QED) is 0.652. The van der Waals surface area contributed by atoms with E-state index in [0.717, 1.165) is 18.3 Å². The maximum Gasteiger partial charge on any atom is 0.150 e. The summed E-state index contributed by atoms with van der Waals surface area (Å²) in [6, 6.07) is 4.83. The second-order valence-electron chi connectivity index (χ2n) is 2.35. The number of rotatable bonds is 2. The van der Waals surface area contributed by atoms with Crippen LogP contribution in [-0.2, 0) is 6.42 Å².